The summed E-state index contributed by atoms with van der Waals surface area (Å²) in [5, 5.41) is 0. The summed E-state index contributed by atoms with van der Waals surface area (Å²) in [6.45, 7) is -0.801. The minimum atomic E-state index is -7.03. The summed E-state index contributed by atoms with van der Waals surface area (Å²) in [7, 11) is 0. The van der Waals surface area contributed by atoms with E-state index >= 15 is 0 Å². The lowest BCUT2D eigenvalue weighted by molar-refractivity contribution is -0.389. The molecule has 0 saturated carbocycles. The minimum absolute atomic E-state index is 0.170. The number of halogens is 9. The van der Waals surface area contributed by atoms with Gasteiger partial charge in [-0.15, -0.1) is 0 Å². The average molecular weight is 331 g/mol. The van der Waals surface area contributed by atoms with E-state index in [1.807, 2.05) is 0 Å². The van der Waals surface area contributed by atoms with Gasteiger partial charge in [-0.3, -0.25) is 4.79 Å². The third kappa shape index (κ3) is 2.78. The standard InChI is InChI=1S/C10H10F9NO/c11-7(12,6(21)20-4-2-1-3-5-20)8(13,14)9(15,16)10(17,18)19/h1-5H2. The van der Waals surface area contributed by atoms with Crippen LogP contribution in [0.15, 0.2) is 0 Å². The number of alkyl halides is 9. The number of carbonyl (C=O) groups excluding carboxylic acids is 1. The van der Waals surface area contributed by atoms with E-state index in [0.29, 0.717) is 6.42 Å². The number of rotatable bonds is 3. The second kappa shape index (κ2) is 5.24. The normalized spacial score (nSPS) is 18.8. The van der Waals surface area contributed by atoms with E-state index in [4.69, 9.17) is 0 Å². The van der Waals surface area contributed by atoms with E-state index in [1.54, 1.807) is 0 Å². The van der Waals surface area contributed by atoms with Crippen molar-refractivity contribution in [2.24, 2.45) is 0 Å². The second-order valence-corrected chi connectivity index (χ2v) is 4.57. The first kappa shape index (κ1) is 17.9. The van der Waals surface area contributed by atoms with Crippen molar-refractivity contribution in [2.45, 2.75) is 43.2 Å². The fraction of sp³-hybridized carbons (Fsp3) is 0.900. The molecule has 11 heteroatoms. The molecule has 0 bridgehead atoms. The van der Waals surface area contributed by atoms with Gasteiger partial charge in [-0.1, -0.05) is 0 Å². The number of likely N-dealkylation sites (tertiary alicyclic amines) is 1. The molecule has 1 aliphatic rings. The van der Waals surface area contributed by atoms with Crippen molar-refractivity contribution >= 4 is 5.91 Å². The van der Waals surface area contributed by atoms with Crippen molar-refractivity contribution in [2.75, 3.05) is 13.1 Å². The number of amides is 1. The molecular weight excluding hydrogens is 321 g/mol. The van der Waals surface area contributed by atoms with E-state index in [0.717, 1.165) is 0 Å². The van der Waals surface area contributed by atoms with Crippen LogP contribution in [0.1, 0.15) is 19.3 Å². The summed E-state index contributed by atoms with van der Waals surface area (Å²) in [6, 6.07) is 0. The summed E-state index contributed by atoms with van der Waals surface area (Å²) in [5.74, 6) is -22.8. The molecule has 0 aliphatic carbocycles. The van der Waals surface area contributed by atoms with Gasteiger partial charge in [-0.25, -0.2) is 0 Å². The van der Waals surface area contributed by atoms with Crippen LogP contribution in [0.3, 0.4) is 0 Å². The first-order chi connectivity index (χ1) is 9.27. The molecule has 0 atom stereocenters. The fourth-order valence-electron chi connectivity index (χ4n) is 1.81. The molecule has 0 aromatic carbocycles. The highest BCUT2D eigenvalue weighted by Crippen LogP contribution is 2.53. The van der Waals surface area contributed by atoms with E-state index in [9.17, 15) is 44.3 Å². The zero-order chi connectivity index (χ0) is 16.7. The number of hydrogen-bond acceptors (Lipinski definition) is 1. The van der Waals surface area contributed by atoms with Gasteiger partial charge in [0, 0.05) is 13.1 Å². The van der Waals surface area contributed by atoms with Crippen molar-refractivity contribution in [1.29, 1.82) is 0 Å². The molecule has 1 heterocycles. The Hall–Kier alpha value is -1.16. The molecule has 0 aromatic heterocycles. The molecule has 2 nitrogen and oxygen atoms in total. The highest BCUT2D eigenvalue weighted by molar-refractivity contribution is 5.85. The van der Waals surface area contributed by atoms with Gasteiger partial charge in [0.15, 0.2) is 0 Å². The monoisotopic (exact) mass is 331 g/mol. The first-order valence-electron chi connectivity index (χ1n) is 5.76. The lowest BCUT2D eigenvalue weighted by Crippen LogP contribution is -2.65. The van der Waals surface area contributed by atoms with E-state index in [1.165, 1.54) is 0 Å². The Bertz CT molecular complexity index is 398. The van der Waals surface area contributed by atoms with Crippen LogP contribution in [-0.2, 0) is 4.79 Å². The summed E-state index contributed by atoms with van der Waals surface area (Å²) < 4.78 is 113. The van der Waals surface area contributed by atoms with Crippen molar-refractivity contribution in [3.63, 3.8) is 0 Å². The van der Waals surface area contributed by atoms with Crippen molar-refractivity contribution < 1.29 is 44.3 Å². The van der Waals surface area contributed by atoms with Crippen LogP contribution in [0.4, 0.5) is 39.5 Å². The van der Waals surface area contributed by atoms with Crippen LogP contribution in [0, 0.1) is 0 Å². The van der Waals surface area contributed by atoms with Crippen molar-refractivity contribution in [3.05, 3.63) is 0 Å². The molecule has 21 heavy (non-hydrogen) atoms. The number of hydrogen-bond donors (Lipinski definition) is 0. The van der Waals surface area contributed by atoms with Crippen LogP contribution in [0.25, 0.3) is 0 Å². The average Bonchev–Trinajstić information content (AvgIpc) is 2.37. The van der Waals surface area contributed by atoms with Gasteiger partial charge in [-0.2, -0.15) is 39.5 Å². The topological polar surface area (TPSA) is 20.3 Å². The predicted molar refractivity (Wildman–Crippen MR) is 51.3 cm³/mol. The molecule has 1 aliphatic heterocycles. The summed E-state index contributed by atoms with van der Waals surface area (Å²) >= 11 is 0. The lowest BCUT2D eigenvalue weighted by Gasteiger charge is -2.36. The SMILES string of the molecule is O=C(N1CCCCC1)C(F)(F)C(F)(F)C(F)(F)C(F)(F)F. The second-order valence-electron chi connectivity index (χ2n) is 4.57. The van der Waals surface area contributed by atoms with E-state index < -0.39 is 42.9 Å². The molecule has 124 valence electrons. The smallest absolute Gasteiger partial charge is 0.337 e. The number of piperidine rings is 1. The molecule has 0 unspecified atom stereocenters. The molecule has 0 N–H and O–H groups in total. The zero-order valence-corrected chi connectivity index (χ0v) is 10.3. The number of nitrogens with zero attached hydrogens (tertiary/aromatic N) is 1. The maximum atomic E-state index is 13.3. The Morgan fingerprint density at radius 2 is 1.14 bits per heavy atom. The van der Waals surface area contributed by atoms with Crippen LogP contribution < -0.4 is 0 Å². The molecule has 0 radical (unpaired) electrons. The van der Waals surface area contributed by atoms with Gasteiger partial charge in [0.1, 0.15) is 0 Å². The molecule has 0 spiro atoms. The van der Waals surface area contributed by atoms with Crippen LogP contribution in [0.2, 0.25) is 0 Å². The molecule has 1 fully saturated rings. The molecule has 0 aromatic rings. The van der Waals surface area contributed by atoms with Gasteiger partial charge in [0.2, 0.25) is 0 Å². The van der Waals surface area contributed by atoms with Gasteiger partial charge in [0.25, 0.3) is 5.91 Å². The van der Waals surface area contributed by atoms with Gasteiger partial charge in [-0.05, 0) is 19.3 Å². The van der Waals surface area contributed by atoms with Crippen molar-refractivity contribution in [3.8, 4) is 0 Å². The fourth-order valence-corrected chi connectivity index (χ4v) is 1.81. The predicted octanol–water partition coefficient (Wildman–Crippen LogP) is 3.47. The molecule has 1 saturated heterocycles. The van der Waals surface area contributed by atoms with Gasteiger partial charge < -0.3 is 4.90 Å². The molecular formula is C10H10F9NO. The van der Waals surface area contributed by atoms with E-state index in [-0.39, 0.29) is 17.7 Å². The third-order valence-electron chi connectivity index (χ3n) is 3.06. The number of carbonyl (C=O) groups is 1. The Morgan fingerprint density at radius 3 is 1.52 bits per heavy atom. The highest BCUT2D eigenvalue weighted by Gasteiger charge is 2.84. The Morgan fingerprint density at radius 1 is 0.714 bits per heavy atom. The first-order valence-corrected chi connectivity index (χ1v) is 5.76. The van der Waals surface area contributed by atoms with Gasteiger partial charge in [0.05, 0.1) is 0 Å². The Labute approximate surface area is 112 Å². The zero-order valence-electron chi connectivity index (χ0n) is 10.3. The van der Waals surface area contributed by atoms with E-state index in [2.05, 4.69) is 0 Å². The van der Waals surface area contributed by atoms with Crippen LogP contribution in [-0.4, -0.2) is 47.8 Å². The quantitative estimate of drug-likeness (QED) is 0.725. The lowest BCUT2D eigenvalue weighted by atomic mass is 10.0. The summed E-state index contributed by atoms with van der Waals surface area (Å²) in [6.07, 6.45) is -6.07. The molecule has 1 rings (SSSR count). The van der Waals surface area contributed by atoms with Crippen LogP contribution >= 0.6 is 0 Å². The van der Waals surface area contributed by atoms with Gasteiger partial charge >= 0.3 is 23.9 Å². The summed E-state index contributed by atoms with van der Waals surface area (Å²) in [5.41, 5.74) is 0. The minimum Gasteiger partial charge on any atom is -0.337 e. The Kier molecular flexibility index (Phi) is 4.46. The maximum Gasteiger partial charge on any atom is 0.460 e. The largest absolute Gasteiger partial charge is 0.460 e. The highest BCUT2D eigenvalue weighted by atomic mass is 19.4. The van der Waals surface area contributed by atoms with Crippen molar-refractivity contribution in [1.82, 2.24) is 4.90 Å². The Balaban J connectivity index is 3.11. The molecule has 1 amide bonds. The summed E-state index contributed by atoms with van der Waals surface area (Å²) in [4.78, 5) is 11.4. The van der Waals surface area contributed by atoms with Crippen LogP contribution in [0.5, 0.6) is 0 Å². The maximum absolute atomic E-state index is 13.3. The third-order valence-corrected chi connectivity index (χ3v) is 3.06.